The lowest BCUT2D eigenvalue weighted by atomic mass is 10.2. The fourth-order valence-corrected chi connectivity index (χ4v) is 3.93. The fourth-order valence-electron chi connectivity index (χ4n) is 2.85. The minimum absolute atomic E-state index is 0.0305. The maximum Gasteiger partial charge on any atom is 0.245 e. The Kier molecular flexibility index (Phi) is 6.46. The predicted octanol–water partition coefficient (Wildman–Crippen LogP) is 5.50. The largest absolute Gasteiger partial charge is 0.280 e. The lowest BCUT2D eigenvalue weighted by Crippen LogP contribution is -2.34. The summed E-state index contributed by atoms with van der Waals surface area (Å²) in [5.41, 5.74) is 2.95. The van der Waals surface area contributed by atoms with Crippen LogP contribution >= 0.6 is 11.8 Å². The monoisotopic (exact) mass is 387 g/mol. The van der Waals surface area contributed by atoms with Gasteiger partial charge in [0.1, 0.15) is 11.1 Å². The quantitative estimate of drug-likeness (QED) is 0.524. The van der Waals surface area contributed by atoms with Gasteiger partial charge in [-0.3, -0.25) is 9.69 Å². The highest BCUT2D eigenvalue weighted by Crippen LogP contribution is 2.33. The molecule has 1 heterocycles. The summed E-state index contributed by atoms with van der Waals surface area (Å²) in [4.78, 5) is 19.8. The summed E-state index contributed by atoms with van der Waals surface area (Å²) in [6, 6.07) is 25.0. The van der Waals surface area contributed by atoms with Gasteiger partial charge in [-0.1, -0.05) is 55.1 Å². The zero-order chi connectivity index (χ0) is 19.9. The first-order valence-electron chi connectivity index (χ1n) is 9.12. The third kappa shape index (κ3) is 4.41. The van der Waals surface area contributed by atoms with Gasteiger partial charge in [0.15, 0.2) is 0 Å². The minimum Gasteiger partial charge on any atom is -0.280 e. The number of benzene rings is 2. The number of hydrogen-bond donors (Lipinski definition) is 0. The van der Waals surface area contributed by atoms with Crippen LogP contribution < -0.4 is 4.90 Å². The molecule has 0 aliphatic heterocycles. The van der Waals surface area contributed by atoms with Crippen LogP contribution in [0.3, 0.4) is 0 Å². The zero-order valence-corrected chi connectivity index (χ0v) is 16.7. The summed E-state index contributed by atoms with van der Waals surface area (Å²) in [6.07, 6.45) is 0.625. The number of para-hydroxylation sites is 2. The van der Waals surface area contributed by atoms with Crippen LogP contribution in [-0.4, -0.2) is 16.1 Å². The number of thioether (sulfide) groups is 1. The Morgan fingerprint density at radius 1 is 1.04 bits per heavy atom. The van der Waals surface area contributed by atoms with Crippen LogP contribution in [0.5, 0.6) is 0 Å². The van der Waals surface area contributed by atoms with E-state index in [2.05, 4.69) is 11.1 Å². The topological polar surface area (TPSA) is 57.0 Å². The number of anilines is 2. The maximum atomic E-state index is 13.6. The van der Waals surface area contributed by atoms with Crippen molar-refractivity contribution in [2.75, 3.05) is 4.90 Å². The average Bonchev–Trinajstić information content (AvgIpc) is 2.74. The van der Waals surface area contributed by atoms with Crippen molar-refractivity contribution in [1.82, 2.24) is 4.98 Å². The molecule has 1 amide bonds. The number of pyridine rings is 1. The Bertz CT molecular complexity index is 944. The van der Waals surface area contributed by atoms with Gasteiger partial charge in [-0.25, -0.2) is 4.98 Å². The molecule has 0 radical (unpaired) electrons. The van der Waals surface area contributed by atoms with Crippen LogP contribution in [0.1, 0.15) is 24.6 Å². The second-order valence-electron chi connectivity index (χ2n) is 6.28. The molecule has 28 heavy (non-hydrogen) atoms. The van der Waals surface area contributed by atoms with Gasteiger partial charge < -0.3 is 0 Å². The fraction of sp³-hybridized carbons (Fsp3) is 0.174. The third-order valence-corrected chi connectivity index (χ3v) is 5.62. The lowest BCUT2D eigenvalue weighted by molar-refractivity contribution is -0.117. The summed E-state index contributed by atoms with van der Waals surface area (Å²) >= 11 is 1.36. The predicted molar refractivity (Wildman–Crippen MR) is 114 cm³/mol. The average molecular weight is 388 g/mol. The second kappa shape index (κ2) is 9.20. The van der Waals surface area contributed by atoms with E-state index in [1.165, 1.54) is 11.8 Å². The summed E-state index contributed by atoms with van der Waals surface area (Å²) in [7, 11) is 0. The molecule has 4 nitrogen and oxygen atoms in total. The second-order valence-corrected chi connectivity index (χ2v) is 7.47. The van der Waals surface area contributed by atoms with Gasteiger partial charge in [0.25, 0.3) is 0 Å². The molecule has 5 heteroatoms. The van der Waals surface area contributed by atoms with Crippen LogP contribution in [0.15, 0.2) is 77.8 Å². The molecular formula is C23H21N3OS. The van der Waals surface area contributed by atoms with E-state index >= 15 is 0 Å². The molecule has 0 bridgehead atoms. The maximum absolute atomic E-state index is 13.6. The number of carbonyl (C=O) groups excluding carboxylic acids is 1. The smallest absolute Gasteiger partial charge is 0.245 e. The Morgan fingerprint density at radius 2 is 1.61 bits per heavy atom. The molecule has 0 aliphatic rings. The van der Waals surface area contributed by atoms with Crippen LogP contribution in [0.4, 0.5) is 11.4 Å². The van der Waals surface area contributed by atoms with E-state index < -0.39 is 0 Å². The number of rotatable bonds is 6. The van der Waals surface area contributed by atoms with Crippen LogP contribution in [-0.2, 0) is 4.79 Å². The molecule has 1 atom stereocenters. The molecule has 0 spiro atoms. The molecule has 0 N–H and O–H groups in total. The molecule has 0 saturated carbocycles. The Labute approximate surface area is 169 Å². The van der Waals surface area contributed by atoms with Gasteiger partial charge in [0.05, 0.1) is 10.8 Å². The lowest BCUT2D eigenvalue weighted by Gasteiger charge is -2.27. The van der Waals surface area contributed by atoms with Crippen molar-refractivity contribution in [3.8, 4) is 6.07 Å². The molecule has 140 valence electrons. The normalized spacial score (nSPS) is 11.5. The number of carbonyl (C=O) groups is 1. The van der Waals surface area contributed by atoms with Gasteiger partial charge in [-0.15, -0.1) is 0 Å². The van der Waals surface area contributed by atoms with Crippen molar-refractivity contribution in [1.29, 1.82) is 5.26 Å². The number of amides is 1. The van der Waals surface area contributed by atoms with E-state index in [-0.39, 0.29) is 11.2 Å². The number of aryl methyl sites for hydroxylation is 1. The molecule has 1 aromatic heterocycles. The highest BCUT2D eigenvalue weighted by atomic mass is 32.2. The van der Waals surface area contributed by atoms with Gasteiger partial charge in [-0.05, 0) is 49.7 Å². The van der Waals surface area contributed by atoms with Crippen molar-refractivity contribution in [3.05, 3.63) is 84.1 Å². The van der Waals surface area contributed by atoms with Gasteiger partial charge in [0.2, 0.25) is 5.91 Å². The van der Waals surface area contributed by atoms with Gasteiger partial charge in [-0.2, -0.15) is 5.26 Å². The van der Waals surface area contributed by atoms with Crippen LogP contribution in [0.25, 0.3) is 0 Å². The zero-order valence-electron chi connectivity index (χ0n) is 15.9. The van der Waals surface area contributed by atoms with Crippen LogP contribution in [0, 0.1) is 18.3 Å². The minimum atomic E-state index is -0.359. The van der Waals surface area contributed by atoms with Crippen molar-refractivity contribution in [3.63, 3.8) is 0 Å². The Hall–Kier alpha value is -3.10. The molecular weight excluding hydrogens is 366 g/mol. The Balaban J connectivity index is 1.97. The first-order valence-corrected chi connectivity index (χ1v) is 10.0. The molecule has 3 rings (SSSR count). The highest BCUT2D eigenvalue weighted by molar-refractivity contribution is 8.00. The van der Waals surface area contributed by atoms with Gasteiger partial charge in [0, 0.05) is 17.1 Å². The van der Waals surface area contributed by atoms with E-state index in [9.17, 15) is 10.1 Å². The van der Waals surface area contributed by atoms with Crippen molar-refractivity contribution >= 4 is 29.0 Å². The number of hydrogen-bond acceptors (Lipinski definition) is 4. The van der Waals surface area contributed by atoms with Crippen LogP contribution in [0.2, 0.25) is 0 Å². The van der Waals surface area contributed by atoms with Crippen molar-refractivity contribution in [2.45, 2.75) is 30.5 Å². The highest BCUT2D eigenvalue weighted by Gasteiger charge is 2.27. The molecule has 2 aromatic carbocycles. The summed E-state index contributed by atoms with van der Waals surface area (Å²) in [5, 5.41) is 9.64. The van der Waals surface area contributed by atoms with E-state index in [0.717, 1.165) is 17.1 Å². The van der Waals surface area contributed by atoms with E-state index in [1.807, 2.05) is 80.6 Å². The number of aromatic nitrogens is 1. The molecule has 0 aliphatic carbocycles. The standard InChI is InChI=1S/C23H21N3OS/c1-3-21(28-22-18(16-24)15-14-17(2)25-22)23(27)26(19-10-6-4-7-11-19)20-12-8-5-9-13-20/h4-15,21H,3H2,1-2H3. The molecule has 3 aromatic rings. The SMILES string of the molecule is CCC(Sc1nc(C)ccc1C#N)C(=O)N(c1ccccc1)c1ccccc1. The first kappa shape index (κ1) is 19.7. The molecule has 0 fully saturated rings. The molecule has 1 unspecified atom stereocenters. The van der Waals surface area contributed by atoms with Gasteiger partial charge >= 0.3 is 0 Å². The molecule has 0 saturated heterocycles. The van der Waals surface area contributed by atoms with Crippen molar-refractivity contribution < 1.29 is 4.79 Å². The Morgan fingerprint density at radius 3 is 2.11 bits per heavy atom. The van der Waals surface area contributed by atoms with E-state index in [1.54, 1.807) is 11.0 Å². The number of nitrogens with zero attached hydrogens (tertiary/aromatic N) is 3. The summed E-state index contributed by atoms with van der Waals surface area (Å²) in [5.74, 6) is -0.0305. The third-order valence-electron chi connectivity index (χ3n) is 4.27. The first-order chi connectivity index (χ1) is 13.6. The van der Waals surface area contributed by atoms with E-state index in [0.29, 0.717) is 17.0 Å². The summed E-state index contributed by atoms with van der Waals surface area (Å²) < 4.78 is 0. The van der Waals surface area contributed by atoms with E-state index in [4.69, 9.17) is 0 Å². The summed E-state index contributed by atoms with van der Waals surface area (Å²) in [6.45, 7) is 3.86. The van der Waals surface area contributed by atoms with Crippen molar-refractivity contribution in [2.24, 2.45) is 0 Å². The number of nitriles is 1.